The van der Waals surface area contributed by atoms with Crippen LogP contribution in [0.25, 0.3) is 11.1 Å². The van der Waals surface area contributed by atoms with Crippen molar-refractivity contribution in [1.82, 2.24) is 0 Å². The molecular weight excluding hydrogens is 765 g/mol. The average molecular weight is 809 g/mol. The van der Waals surface area contributed by atoms with E-state index in [9.17, 15) is 0 Å². The van der Waals surface area contributed by atoms with E-state index in [0.717, 1.165) is 27.5 Å². The normalized spacial score (nSPS) is 11.3. The van der Waals surface area contributed by atoms with Crippen LogP contribution in [0, 0.1) is 0 Å². The van der Waals surface area contributed by atoms with Gasteiger partial charge in [-0.1, -0.05) is 147 Å². The Hall–Kier alpha value is -7.22. The molecule has 0 saturated heterocycles. The van der Waals surface area contributed by atoms with Crippen molar-refractivity contribution in [2.24, 2.45) is 0 Å². The molecule has 0 heterocycles. The van der Waals surface area contributed by atoms with Crippen LogP contribution in [0.4, 0.5) is 0 Å². The topological polar surface area (TPSA) is 63.2 Å². The molecule has 8 aromatic rings. The molecule has 8 rings (SSSR count). The Balaban J connectivity index is 1.41. The van der Waals surface area contributed by atoms with Gasteiger partial charge in [0, 0.05) is 21.4 Å². The summed E-state index contributed by atoms with van der Waals surface area (Å²) in [6, 6.07) is 67.4. The van der Waals surface area contributed by atoms with E-state index in [4.69, 9.17) is 23.1 Å². The van der Waals surface area contributed by atoms with E-state index in [2.05, 4.69) is 6.92 Å². The molecule has 0 aliphatic carbocycles. The zero-order valence-electron chi connectivity index (χ0n) is 33.2. The monoisotopic (exact) mass is 808 g/mol. The van der Waals surface area contributed by atoms with Crippen molar-refractivity contribution in [1.29, 1.82) is 0 Å². The SMILES string of the molecule is CCCCOc1ccccc1S(OC(=O)c1cc(Oc2ccccc2)c(Oc2ccccc2)c(Oc2ccccc2)c1-c1ccccc1)(c1ccccc1)c1ccccc1. The van der Waals surface area contributed by atoms with Gasteiger partial charge < -0.3 is 23.1 Å². The fraction of sp³-hybridized carbons (Fsp3) is 0.0755. The highest BCUT2D eigenvalue weighted by atomic mass is 32.3. The number of unbranched alkanes of at least 4 members (excludes halogenated alkanes) is 1. The van der Waals surface area contributed by atoms with Gasteiger partial charge in [0.2, 0.25) is 5.75 Å². The number of para-hydroxylation sites is 4. The number of benzene rings is 8. The van der Waals surface area contributed by atoms with E-state index in [1.165, 1.54) is 0 Å². The second kappa shape index (κ2) is 19.0. The molecule has 0 amide bonds. The Morgan fingerprint density at radius 1 is 0.483 bits per heavy atom. The third kappa shape index (κ3) is 8.77. The number of rotatable bonds is 16. The van der Waals surface area contributed by atoms with Gasteiger partial charge in [-0.05, 0) is 95.1 Å². The molecule has 7 heteroatoms. The van der Waals surface area contributed by atoms with Crippen LogP contribution in [0.1, 0.15) is 30.1 Å². The minimum atomic E-state index is -2.84. The summed E-state index contributed by atoms with van der Waals surface area (Å²) in [7, 11) is -2.84. The van der Waals surface area contributed by atoms with Crippen molar-refractivity contribution in [2.45, 2.75) is 34.5 Å². The maximum Gasteiger partial charge on any atom is 0.350 e. The molecular formula is C53H44O6S. The minimum Gasteiger partial charge on any atom is -0.492 e. The van der Waals surface area contributed by atoms with Crippen LogP contribution in [0.3, 0.4) is 0 Å². The maximum atomic E-state index is 15.8. The van der Waals surface area contributed by atoms with Gasteiger partial charge in [-0.3, -0.25) is 0 Å². The zero-order chi connectivity index (χ0) is 41.0. The van der Waals surface area contributed by atoms with Gasteiger partial charge in [-0.15, -0.1) is 0 Å². The van der Waals surface area contributed by atoms with Crippen LogP contribution >= 0.6 is 10.3 Å². The van der Waals surface area contributed by atoms with Gasteiger partial charge in [-0.25, -0.2) is 4.79 Å². The molecule has 8 aromatic carbocycles. The quantitative estimate of drug-likeness (QED) is 0.0906. The fourth-order valence-electron chi connectivity index (χ4n) is 6.81. The lowest BCUT2D eigenvalue weighted by atomic mass is 9.97. The van der Waals surface area contributed by atoms with E-state index in [0.29, 0.717) is 40.7 Å². The van der Waals surface area contributed by atoms with Crippen molar-refractivity contribution in [2.75, 3.05) is 6.61 Å². The lowest BCUT2D eigenvalue weighted by molar-refractivity contribution is 0.0757. The Kier molecular flexibility index (Phi) is 12.6. The first-order chi connectivity index (χ1) is 29.6. The van der Waals surface area contributed by atoms with E-state index >= 15 is 4.79 Å². The summed E-state index contributed by atoms with van der Waals surface area (Å²) in [6.45, 7) is 2.65. The largest absolute Gasteiger partial charge is 0.492 e. The van der Waals surface area contributed by atoms with Crippen LogP contribution < -0.4 is 18.9 Å². The summed E-state index contributed by atoms with van der Waals surface area (Å²) in [5.74, 6) is 2.50. The fourth-order valence-corrected chi connectivity index (χ4v) is 9.95. The lowest BCUT2D eigenvalue weighted by Crippen LogP contribution is -2.16. The van der Waals surface area contributed by atoms with Crippen molar-refractivity contribution in [3.63, 3.8) is 0 Å². The molecule has 0 radical (unpaired) electrons. The third-order valence-corrected chi connectivity index (χ3v) is 12.9. The van der Waals surface area contributed by atoms with E-state index in [1.807, 2.05) is 206 Å². The highest BCUT2D eigenvalue weighted by Gasteiger charge is 2.40. The summed E-state index contributed by atoms with van der Waals surface area (Å²) in [5.41, 5.74) is 1.40. The number of hydrogen-bond acceptors (Lipinski definition) is 6. The van der Waals surface area contributed by atoms with Gasteiger partial charge in [0.15, 0.2) is 11.5 Å². The molecule has 0 aliphatic rings. The second-order valence-electron chi connectivity index (χ2n) is 13.8. The Morgan fingerprint density at radius 3 is 1.47 bits per heavy atom. The highest BCUT2D eigenvalue weighted by molar-refractivity contribution is 8.30. The van der Waals surface area contributed by atoms with Crippen LogP contribution in [-0.4, -0.2) is 12.6 Å². The number of hydrogen-bond donors (Lipinski definition) is 0. The molecule has 298 valence electrons. The van der Waals surface area contributed by atoms with Gasteiger partial charge in [0.05, 0.1) is 17.1 Å². The van der Waals surface area contributed by atoms with Crippen molar-refractivity contribution in [3.8, 4) is 51.4 Å². The molecule has 0 bridgehead atoms. The zero-order valence-corrected chi connectivity index (χ0v) is 34.0. The van der Waals surface area contributed by atoms with Gasteiger partial charge in [-0.2, -0.15) is 0 Å². The molecule has 0 N–H and O–H groups in total. The molecule has 0 aliphatic heterocycles. The van der Waals surface area contributed by atoms with E-state index in [1.54, 1.807) is 6.07 Å². The van der Waals surface area contributed by atoms with Gasteiger partial charge in [0.1, 0.15) is 23.0 Å². The minimum absolute atomic E-state index is 0.214. The van der Waals surface area contributed by atoms with Crippen LogP contribution in [-0.2, 0) is 4.18 Å². The molecule has 0 fully saturated rings. The second-order valence-corrected chi connectivity index (χ2v) is 16.4. The maximum absolute atomic E-state index is 15.8. The number of carbonyl (C=O) groups is 1. The standard InChI is InChI=1S/C53H44O6S/c1-2-3-38-55-47-36-22-23-37-49(47)60(44-32-18-8-19-33-44,45-34-20-9-21-35-45)59-53(54)46-39-48(56-41-26-12-5-13-27-41)51(57-42-28-14-6-15-29-42)52(58-43-30-16-7-17-31-43)50(46)40-24-10-4-11-25-40/h4-37,39H,2-3,38H2,1H3. The van der Waals surface area contributed by atoms with Crippen LogP contribution in [0.2, 0.25) is 0 Å². The summed E-state index contributed by atoms with van der Waals surface area (Å²) in [6.07, 6.45) is 1.85. The molecule has 0 atom stereocenters. The Bertz CT molecular complexity index is 2570. The summed E-state index contributed by atoms with van der Waals surface area (Å²) in [5, 5.41) is 0. The smallest absolute Gasteiger partial charge is 0.350 e. The van der Waals surface area contributed by atoms with Crippen LogP contribution in [0.15, 0.2) is 227 Å². The Morgan fingerprint density at radius 2 is 0.933 bits per heavy atom. The third-order valence-electron chi connectivity index (χ3n) is 9.65. The predicted octanol–water partition coefficient (Wildman–Crippen LogP) is 15.0. The molecule has 0 spiro atoms. The first kappa shape index (κ1) is 39.6. The Labute approximate surface area is 353 Å². The van der Waals surface area contributed by atoms with E-state index < -0.39 is 16.3 Å². The molecule has 0 saturated carbocycles. The number of ether oxygens (including phenoxy) is 4. The first-order valence-electron chi connectivity index (χ1n) is 20.0. The molecule has 0 aromatic heterocycles. The first-order valence-corrected chi connectivity index (χ1v) is 21.5. The van der Waals surface area contributed by atoms with Gasteiger partial charge in [0.25, 0.3) is 0 Å². The molecule has 60 heavy (non-hydrogen) atoms. The number of carbonyl (C=O) groups excluding carboxylic acids is 1. The van der Waals surface area contributed by atoms with Crippen molar-refractivity contribution in [3.05, 3.63) is 218 Å². The predicted molar refractivity (Wildman–Crippen MR) is 239 cm³/mol. The van der Waals surface area contributed by atoms with Crippen LogP contribution in [0.5, 0.6) is 40.2 Å². The highest BCUT2D eigenvalue weighted by Crippen LogP contribution is 2.71. The summed E-state index contributed by atoms with van der Waals surface area (Å²) < 4.78 is 34.1. The molecule has 0 unspecified atom stereocenters. The van der Waals surface area contributed by atoms with Crippen molar-refractivity contribution < 1.29 is 27.9 Å². The molecule has 6 nitrogen and oxygen atoms in total. The lowest BCUT2D eigenvalue weighted by Gasteiger charge is -2.40. The summed E-state index contributed by atoms with van der Waals surface area (Å²) >= 11 is 0. The average Bonchev–Trinajstić information content (AvgIpc) is 3.31. The van der Waals surface area contributed by atoms with Crippen molar-refractivity contribution >= 4 is 16.3 Å². The summed E-state index contributed by atoms with van der Waals surface area (Å²) in [4.78, 5) is 18.2. The van der Waals surface area contributed by atoms with E-state index in [-0.39, 0.29) is 22.8 Å². The van der Waals surface area contributed by atoms with Gasteiger partial charge >= 0.3 is 5.97 Å².